The van der Waals surface area contributed by atoms with Gasteiger partial charge in [0.05, 0.1) is 16.2 Å². The standard InChI is InChI=1S/C17H36O4S.Na/c1-3-4-5-7-11-14-17(18)15-12-9-6-8-10-13-16(2)22(19,20)21;/h16-18H,3-15H2,1-2H3,(H,19,20,21);/q;+1/p-1. The molecule has 2 atom stereocenters. The van der Waals surface area contributed by atoms with Gasteiger partial charge in [-0.1, -0.05) is 71.1 Å². The summed E-state index contributed by atoms with van der Waals surface area (Å²) >= 11 is 0. The Morgan fingerprint density at radius 1 is 0.826 bits per heavy atom. The molecule has 0 aliphatic rings. The summed E-state index contributed by atoms with van der Waals surface area (Å²) in [7, 11) is -4.11. The molecule has 0 aromatic carbocycles. The van der Waals surface area contributed by atoms with E-state index in [9.17, 15) is 18.1 Å². The van der Waals surface area contributed by atoms with Gasteiger partial charge in [0.1, 0.15) is 0 Å². The molecule has 0 spiro atoms. The van der Waals surface area contributed by atoms with Gasteiger partial charge in [0.25, 0.3) is 0 Å². The van der Waals surface area contributed by atoms with Crippen molar-refractivity contribution in [3.63, 3.8) is 0 Å². The summed E-state index contributed by atoms with van der Waals surface area (Å²) in [5, 5.41) is 9.11. The number of hydrogen-bond acceptors (Lipinski definition) is 4. The van der Waals surface area contributed by atoms with E-state index in [1.807, 2.05) is 0 Å². The Hall–Kier alpha value is 0.870. The molecular formula is C17H35NaO4S. The van der Waals surface area contributed by atoms with Crippen LogP contribution in [0.15, 0.2) is 0 Å². The molecule has 2 unspecified atom stereocenters. The van der Waals surface area contributed by atoms with Crippen molar-refractivity contribution < 1.29 is 47.6 Å². The Kier molecular flexibility index (Phi) is 18.5. The van der Waals surface area contributed by atoms with Crippen LogP contribution < -0.4 is 29.6 Å². The Balaban J connectivity index is 0. The molecule has 0 aliphatic carbocycles. The van der Waals surface area contributed by atoms with Gasteiger partial charge in [0, 0.05) is 5.25 Å². The summed E-state index contributed by atoms with van der Waals surface area (Å²) in [5.41, 5.74) is 0. The second kappa shape index (κ2) is 16.3. The van der Waals surface area contributed by atoms with Crippen molar-refractivity contribution in [3.05, 3.63) is 0 Å². The van der Waals surface area contributed by atoms with Crippen LogP contribution in [0.1, 0.15) is 97.3 Å². The van der Waals surface area contributed by atoms with Crippen LogP contribution in [0.2, 0.25) is 0 Å². The summed E-state index contributed by atoms with van der Waals surface area (Å²) in [6, 6.07) is 0. The van der Waals surface area contributed by atoms with E-state index in [0.717, 1.165) is 51.4 Å². The van der Waals surface area contributed by atoms with Crippen LogP contribution in [0.5, 0.6) is 0 Å². The molecule has 0 amide bonds. The molecule has 1 N–H and O–H groups in total. The molecule has 0 aliphatic heterocycles. The predicted molar refractivity (Wildman–Crippen MR) is 90.9 cm³/mol. The minimum atomic E-state index is -4.11. The van der Waals surface area contributed by atoms with Gasteiger partial charge in [-0.15, -0.1) is 0 Å². The van der Waals surface area contributed by atoms with Gasteiger partial charge in [-0.05, 0) is 26.2 Å². The molecule has 23 heavy (non-hydrogen) atoms. The van der Waals surface area contributed by atoms with Crippen LogP contribution in [0.3, 0.4) is 0 Å². The van der Waals surface area contributed by atoms with Crippen LogP contribution in [0, 0.1) is 0 Å². The summed E-state index contributed by atoms with van der Waals surface area (Å²) in [5.74, 6) is 0. The molecule has 0 radical (unpaired) electrons. The molecule has 0 saturated carbocycles. The summed E-state index contributed by atoms with van der Waals surface area (Å²) in [6.07, 6.45) is 13.2. The van der Waals surface area contributed by atoms with E-state index in [1.54, 1.807) is 0 Å². The third kappa shape index (κ3) is 17.5. The van der Waals surface area contributed by atoms with Gasteiger partial charge in [0.2, 0.25) is 0 Å². The van der Waals surface area contributed by atoms with Gasteiger partial charge in [-0.2, -0.15) is 0 Å². The second-order valence-electron chi connectivity index (χ2n) is 6.51. The zero-order chi connectivity index (χ0) is 16.8. The molecule has 134 valence electrons. The fourth-order valence-electron chi connectivity index (χ4n) is 2.61. The molecule has 0 aromatic heterocycles. The zero-order valence-corrected chi connectivity index (χ0v) is 18.2. The fraction of sp³-hybridized carbons (Fsp3) is 1.00. The largest absolute Gasteiger partial charge is 1.00 e. The molecule has 0 aromatic rings. The third-order valence-corrected chi connectivity index (χ3v) is 5.50. The van der Waals surface area contributed by atoms with Crippen molar-refractivity contribution in [3.8, 4) is 0 Å². The summed E-state index contributed by atoms with van der Waals surface area (Å²) in [4.78, 5) is 0. The van der Waals surface area contributed by atoms with E-state index < -0.39 is 15.4 Å². The average molecular weight is 359 g/mol. The van der Waals surface area contributed by atoms with E-state index >= 15 is 0 Å². The van der Waals surface area contributed by atoms with E-state index in [4.69, 9.17) is 0 Å². The molecule has 4 nitrogen and oxygen atoms in total. The van der Waals surface area contributed by atoms with E-state index in [1.165, 1.54) is 32.6 Å². The maximum absolute atomic E-state index is 10.7. The molecule has 0 heterocycles. The Morgan fingerprint density at radius 3 is 1.65 bits per heavy atom. The fourth-order valence-corrected chi connectivity index (χ4v) is 3.07. The molecule has 0 saturated heterocycles. The minimum Gasteiger partial charge on any atom is -0.748 e. The van der Waals surface area contributed by atoms with Crippen LogP contribution >= 0.6 is 0 Å². The van der Waals surface area contributed by atoms with Crippen LogP contribution in [0.4, 0.5) is 0 Å². The van der Waals surface area contributed by atoms with Gasteiger partial charge in [0.15, 0.2) is 0 Å². The SMILES string of the molecule is CCCCCCCC(O)CCCCCCCC(C)S(=O)(=O)[O-].[Na+]. The van der Waals surface area contributed by atoms with Crippen molar-refractivity contribution in [1.82, 2.24) is 0 Å². The van der Waals surface area contributed by atoms with Gasteiger partial charge in [-0.3, -0.25) is 0 Å². The van der Waals surface area contributed by atoms with E-state index in [2.05, 4.69) is 6.92 Å². The topological polar surface area (TPSA) is 77.4 Å². The first kappa shape index (κ1) is 26.1. The first-order valence-corrected chi connectivity index (χ1v) is 10.5. The van der Waals surface area contributed by atoms with Crippen LogP contribution in [-0.2, 0) is 10.1 Å². The monoisotopic (exact) mass is 358 g/mol. The molecule has 6 heteroatoms. The first-order valence-electron chi connectivity index (χ1n) is 9.00. The normalized spacial score (nSPS) is 14.3. The number of hydrogen-bond donors (Lipinski definition) is 1. The maximum Gasteiger partial charge on any atom is 1.00 e. The zero-order valence-electron chi connectivity index (χ0n) is 15.4. The minimum absolute atomic E-state index is 0. The van der Waals surface area contributed by atoms with Gasteiger partial charge in [-0.25, -0.2) is 8.42 Å². The molecule has 0 bridgehead atoms. The smallest absolute Gasteiger partial charge is 0.748 e. The quantitative estimate of drug-likeness (QED) is 0.272. The van der Waals surface area contributed by atoms with Crippen molar-refractivity contribution in [2.75, 3.05) is 0 Å². The van der Waals surface area contributed by atoms with Crippen molar-refractivity contribution >= 4 is 10.1 Å². The van der Waals surface area contributed by atoms with E-state index in [0.29, 0.717) is 6.42 Å². The van der Waals surface area contributed by atoms with Crippen molar-refractivity contribution in [1.29, 1.82) is 0 Å². The van der Waals surface area contributed by atoms with Gasteiger partial charge >= 0.3 is 29.6 Å². The molecular weight excluding hydrogens is 323 g/mol. The number of aliphatic hydroxyl groups is 1. The van der Waals surface area contributed by atoms with Gasteiger partial charge < -0.3 is 9.66 Å². The first-order chi connectivity index (χ1) is 10.4. The number of unbranched alkanes of at least 4 members (excludes halogenated alkanes) is 8. The Morgan fingerprint density at radius 2 is 1.22 bits per heavy atom. The predicted octanol–water partition coefficient (Wildman–Crippen LogP) is 1.38. The number of aliphatic hydroxyl groups excluding tert-OH is 1. The van der Waals surface area contributed by atoms with Crippen LogP contribution in [-0.4, -0.2) is 29.4 Å². The van der Waals surface area contributed by atoms with Crippen LogP contribution in [0.25, 0.3) is 0 Å². The molecule has 0 rings (SSSR count). The average Bonchev–Trinajstić information content (AvgIpc) is 2.44. The summed E-state index contributed by atoms with van der Waals surface area (Å²) < 4.78 is 32.2. The van der Waals surface area contributed by atoms with Crippen molar-refractivity contribution in [2.24, 2.45) is 0 Å². The third-order valence-electron chi connectivity index (χ3n) is 4.28. The second-order valence-corrected chi connectivity index (χ2v) is 8.30. The Labute approximate surface area is 165 Å². The summed E-state index contributed by atoms with van der Waals surface area (Å²) in [6.45, 7) is 3.69. The van der Waals surface area contributed by atoms with Crippen molar-refractivity contribution in [2.45, 2.75) is 109 Å². The van der Waals surface area contributed by atoms with E-state index in [-0.39, 0.29) is 35.7 Å². The number of rotatable bonds is 15. The Bertz CT molecular complexity index is 347. The molecule has 0 fully saturated rings. The maximum atomic E-state index is 10.7.